The first kappa shape index (κ1) is 18.3. The molecule has 0 aliphatic rings. The Morgan fingerprint density at radius 2 is 1.65 bits per heavy atom. The maximum atomic E-state index is 9.25. The number of aromatic nitrogens is 1. The topological polar surface area (TPSA) is 28.7 Å². The van der Waals surface area contributed by atoms with Gasteiger partial charge in [-0.3, -0.25) is 0 Å². The lowest BCUT2D eigenvalue weighted by Gasteiger charge is -2.44. The molecule has 0 bridgehead atoms. The molecular weight excluding hydrogens is 364 g/mol. The van der Waals surface area contributed by atoms with E-state index in [1.807, 2.05) is 0 Å². The van der Waals surface area contributed by atoms with Gasteiger partial charge in [0.15, 0.2) is 8.24 Å². The van der Waals surface area contributed by atoms with Gasteiger partial charge in [-0.05, 0) is 34.3 Å². The second-order valence-electron chi connectivity index (χ2n) is 7.34. The Morgan fingerprint density at radius 3 is 2.13 bits per heavy atom. The van der Waals surface area contributed by atoms with Crippen molar-refractivity contribution in [3.63, 3.8) is 0 Å². The van der Waals surface area contributed by atoms with E-state index in [9.17, 15) is 5.26 Å². The summed E-state index contributed by atoms with van der Waals surface area (Å²) < 4.78 is 3.69. The van der Waals surface area contributed by atoms with Gasteiger partial charge >= 0.3 is 0 Å². The number of rotatable bonds is 5. The highest BCUT2D eigenvalue weighted by atomic mass is 79.9. The fourth-order valence-electron chi connectivity index (χ4n) is 4.70. The molecule has 0 spiro atoms. The maximum absolute atomic E-state index is 9.25. The van der Waals surface area contributed by atoms with E-state index >= 15 is 0 Å². The molecule has 0 unspecified atom stereocenters. The van der Waals surface area contributed by atoms with Gasteiger partial charge in [-0.25, -0.2) is 0 Å². The van der Waals surface area contributed by atoms with Crippen LogP contribution in [-0.4, -0.2) is 12.5 Å². The second-order valence-corrected chi connectivity index (χ2v) is 13.9. The van der Waals surface area contributed by atoms with Gasteiger partial charge in [-0.1, -0.05) is 63.5 Å². The summed E-state index contributed by atoms with van der Waals surface area (Å²) in [5.74, 6) is 0. The first-order valence-electron chi connectivity index (χ1n) is 8.44. The van der Waals surface area contributed by atoms with Crippen LogP contribution >= 0.6 is 15.9 Å². The molecular formula is C19H27BrN2Si. The van der Waals surface area contributed by atoms with Crippen LogP contribution in [0.4, 0.5) is 0 Å². The lowest BCUT2D eigenvalue weighted by molar-refractivity contribution is 0.772. The van der Waals surface area contributed by atoms with Crippen molar-refractivity contribution in [2.75, 3.05) is 0 Å². The van der Waals surface area contributed by atoms with Gasteiger partial charge in [-0.2, -0.15) is 5.26 Å². The Balaban J connectivity index is 2.90. The number of benzene rings is 1. The van der Waals surface area contributed by atoms with Crippen molar-refractivity contribution >= 4 is 35.1 Å². The zero-order valence-electron chi connectivity index (χ0n) is 15.0. The fourth-order valence-corrected chi connectivity index (χ4v) is 12.0. The monoisotopic (exact) mass is 390 g/mol. The molecule has 1 heterocycles. The molecule has 2 aromatic rings. The van der Waals surface area contributed by atoms with Gasteiger partial charge in [0.2, 0.25) is 0 Å². The van der Waals surface area contributed by atoms with Crippen molar-refractivity contribution in [3.8, 4) is 6.07 Å². The van der Waals surface area contributed by atoms with Gasteiger partial charge in [0, 0.05) is 21.6 Å². The molecule has 0 saturated heterocycles. The standard InChI is InChI=1S/C19H27BrN2Si/c1-13(2)23(14(3)4,15(5)6)22-12-16(10-11-21)19-17(20)8-7-9-18(19)22/h7-9,12-15H,10H2,1-6H3. The van der Waals surface area contributed by atoms with Gasteiger partial charge in [-0.15, -0.1) is 0 Å². The lowest BCUT2D eigenvalue weighted by atomic mass is 10.1. The summed E-state index contributed by atoms with van der Waals surface area (Å²) in [6.07, 6.45) is 2.75. The average Bonchev–Trinajstić information content (AvgIpc) is 2.79. The Bertz CT molecular complexity index is 716. The number of halogens is 1. The van der Waals surface area contributed by atoms with Crippen LogP contribution in [-0.2, 0) is 6.42 Å². The Hall–Kier alpha value is -1.05. The average molecular weight is 391 g/mol. The molecule has 0 fully saturated rings. The molecule has 2 nitrogen and oxygen atoms in total. The molecule has 2 rings (SSSR count). The summed E-state index contributed by atoms with van der Waals surface area (Å²) in [7, 11) is -1.81. The SMILES string of the molecule is CC(C)[Si](C(C)C)(C(C)C)n1cc(CC#N)c2c(Br)cccc21. The molecule has 0 saturated carbocycles. The molecule has 23 heavy (non-hydrogen) atoms. The summed E-state index contributed by atoms with van der Waals surface area (Å²) >= 11 is 3.70. The summed E-state index contributed by atoms with van der Waals surface area (Å²) in [4.78, 5) is 0. The van der Waals surface area contributed by atoms with Crippen LogP contribution in [0.3, 0.4) is 0 Å². The molecule has 0 aliphatic carbocycles. The normalized spacial score (nSPS) is 12.6. The predicted octanol–water partition coefficient (Wildman–Crippen LogP) is 6.49. The minimum Gasteiger partial charge on any atom is -0.373 e. The Kier molecular flexibility index (Phi) is 5.43. The van der Waals surface area contributed by atoms with E-state index < -0.39 is 8.24 Å². The third-order valence-electron chi connectivity index (χ3n) is 5.32. The minimum absolute atomic E-state index is 0.463. The van der Waals surface area contributed by atoms with Crippen LogP contribution in [0.5, 0.6) is 0 Å². The number of nitriles is 1. The zero-order valence-corrected chi connectivity index (χ0v) is 17.6. The first-order chi connectivity index (χ1) is 10.8. The third kappa shape index (κ3) is 2.79. The molecule has 0 amide bonds. The van der Waals surface area contributed by atoms with Gasteiger partial charge in [0.1, 0.15) is 0 Å². The molecule has 124 valence electrons. The summed E-state index contributed by atoms with van der Waals surface area (Å²) in [5, 5.41) is 10.5. The molecule has 0 aliphatic heterocycles. The second kappa shape index (κ2) is 6.82. The molecule has 0 N–H and O–H groups in total. The predicted molar refractivity (Wildman–Crippen MR) is 105 cm³/mol. The Morgan fingerprint density at radius 1 is 1.09 bits per heavy atom. The van der Waals surface area contributed by atoms with E-state index in [1.165, 1.54) is 10.9 Å². The van der Waals surface area contributed by atoms with E-state index in [1.54, 1.807) is 0 Å². The van der Waals surface area contributed by atoms with E-state index in [0.717, 1.165) is 10.0 Å². The number of nitrogens with zero attached hydrogens (tertiary/aromatic N) is 2. The smallest absolute Gasteiger partial charge is 0.169 e. The van der Waals surface area contributed by atoms with Gasteiger partial charge in [0.25, 0.3) is 0 Å². The zero-order chi connectivity index (χ0) is 17.4. The summed E-state index contributed by atoms with van der Waals surface area (Å²) in [5.41, 5.74) is 4.33. The van der Waals surface area contributed by atoms with E-state index in [-0.39, 0.29) is 0 Å². The largest absolute Gasteiger partial charge is 0.373 e. The van der Waals surface area contributed by atoms with Crippen molar-refractivity contribution in [1.29, 1.82) is 5.26 Å². The van der Waals surface area contributed by atoms with Crippen molar-refractivity contribution in [2.45, 2.75) is 64.6 Å². The van der Waals surface area contributed by atoms with Crippen LogP contribution in [0.1, 0.15) is 47.1 Å². The van der Waals surface area contributed by atoms with Crippen molar-refractivity contribution in [3.05, 3.63) is 34.4 Å². The summed E-state index contributed by atoms with van der Waals surface area (Å²) in [6, 6.07) is 8.75. The molecule has 1 aromatic carbocycles. The first-order valence-corrected chi connectivity index (χ1v) is 11.4. The fraction of sp³-hybridized carbons (Fsp3) is 0.526. The van der Waals surface area contributed by atoms with Crippen molar-refractivity contribution in [2.24, 2.45) is 0 Å². The van der Waals surface area contributed by atoms with E-state index in [0.29, 0.717) is 23.0 Å². The van der Waals surface area contributed by atoms with Crippen molar-refractivity contribution in [1.82, 2.24) is 4.23 Å². The van der Waals surface area contributed by atoms with Crippen LogP contribution in [0.15, 0.2) is 28.9 Å². The highest BCUT2D eigenvalue weighted by Crippen LogP contribution is 2.45. The van der Waals surface area contributed by atoms with Gasteiger partial charge in [0.05, 0.1) is 12.5 Å². The van der Waals surface area contributed by atoms with E-state index in [4.69, 9.17) is 0 Å². The van der Waals surface area contributed by atoms with Crippen LogP contribution in [0.2, 0.25) is 16.6 Å². The molecule has 1 aromatic heterocycles. The van der Waals surface area contributed by atoms with Crippen LogP contribution < -0.4 is 0 Å². The number of hydrogen-bond donors (Lipinski definition) is 0. The van der Waals surface area contributed by atoms with Crippen molar-refractivity contribution < 1.29 is 0 Å². The third-order valence-corrected chi connectivity index (χ3v) is 12.7. The van der Waals surface area contributed by atoms with Gasteiger partial charge < -0.3 is 4.23 Å². The number of fused-ring (bicyclic) bond motifs is 1. The Labute approximate surface area is 149 Å². The molecule has 0 radical (unpaired) electrons. The summed E-state index contributed by atoms with van der Waals surface area (Å²) in [6.45, 7) is 14.3. The molecule has 4 heteroatoms. The maximum Gasteiger partial charge on any atom is 0.169 e. The van der Waals surface area contributed by atoms with Crippen LogP contribution in [0.25, 0.3) is 10.9 Å². The lowest BCUT2D eigenvalue weighted by Crippen LogP contribution is -2.51. The minimum atomic E-state index is -1.81. The van der Waals surface area contributed by atoms with Crippen LogP contribution in [0, 0.1) is 11.3 Å². The highest BCUT2D eigenvalue weighted by Gasteiger charge is 2.46. The quantitative estimate of drug-likeness (QED) is 0.535. The highest BCUT2D eigenvalue weighted by molar-refractivity contribution is 9.10. The number of hydrogen-bond acceptors (Lipinski definition) is 1. The van der Waals surface area contributed by atoms with E-state index in [2.05, 4.69) is 92.2 Å². The molecule has 0 atom stereocenters.